The third-order valence-corrected chi connectivity index (χ3v) is 8.47. The number of carboxylic acids is 1. The second kappa shape index (κ2) is 10.4. The smallest absolute Gasteiger partial charge is 0.352 e. The monoisotopic (exact) mass is 537 g/mol. The van der Waals surface area contributed by atoms with Crippen LogP contribution in [-0.2, 0) is 16.6 Å². The van der Waals surface area contributed by atoms with Gasteiger partial charge in [0.25, 0.3) is 0 Å². The zero-order valence-electron chi connectivity index (χ0n) is 19.7. The lowest BCUT2D eigenvalue weighted by atomic mass is 10.0. The summed E-state index contributed by atoms with van der Waals surface area (Å²) in [5.41, 5.74) is 7.40. The zero-order chi connectivity index (χ0) is 26.1. The van der Waals surface area contributed by atoms with E-state index in [1.54, 1.807) is 7.05 Å². The summed E-state index contributed by atoms with van der Waals surface area (Å²) in [6, 6.07) is 18.3. The van der Waals surface area contributed by atoms with Gasteiger partial charge in [-0.25, -0.2) is 9.48 Å². The van der Waals surface area contributed by atoms with Crippen LogP contribution in [0.1, 0.15) is 17.2 Å². The van der Waals surface area contributed by atoms with Gasteiger partial charge in [-0.05, 0) is 16.7 Å². The first-order valence-electron chi connectivity index (χ1n) is 11.4. The summed E-state index contributed by atoms with van der Waals surface area (Å²) in [4.78, 5) is 42.4. The molecule has 12 heteroatoms. The number of fused-ring (bicyclic) bond motifs is 1. The van der Waals surface area contributed by atoms with Crippen molar-refractivity contribution in [3.8, 4) is 5.88 Å². The normalized spacial score (nSPS) is 19.0. The molecule has 3 heterocycles. The maximum Gasteiger partial charge on any atom is 0.352 e. The summed E-state index contributed by atoms with van der Waals surface area (Å²) in [6.07, 6.45) is -0.557. The highest BCUT2D eigenvalue weighted by atomic mass is 32.2. The lowest BCUT2D eigenvalue weighted by molar-refractivity contribution is -0.147. The summed E-state index contributed by atoms with van der Waals surface area (Å²) in [5, 5.41) is 14.0. The molecule has 1 amide bonds. The SMILES string of the molecule is Cn1nc(OC(c2ccccc2)c2ccccc2)c(=O)nc1SCC1=C(C(=O)O)N2C(=O)C(N)[C@@H]2SC1. The molecule has 0 spiro atoms. The Bertz CT molecular complexity index is 1390. The number of thioether (sulfide) groups is 2. The van der Waals surface area contributed by atoms with Crippen molar-refractivity contribution in [2.75, 3.05) is 11.5 Å². The van der Waals surface area contributed by atoms with E-state index in [0.29, 0.717) is 16.5 Å². The molecule has 1 unspecified atom stereocenters. The average molecular weight is 538 g/mol. The largest absolute Gasteiger partial charge is 0.477 e. The average Bonchev–Trinajstić information content (AvgIpc) is 2.92. The summed E-state index contributed by atoms with van der Waals surface area (Å²) in [5.74, 6) is -1.10. The fourth-order valence-corrected chi connectivity index (χ4v) is 6.51. The molecule has 2 aliphatic rings. The highest BCUT2D eigenvalue weighted by Gasteiger charge is 2.51. The first kappa shape index (κ1) is 25.1. The van der Waals surface area contributed by atoms with Crippen LogP contribution in [-0.4, -0.2) is 59.6 Å². The number of carboxylic acid groups (broad SMARTS) is 1. The van der Waals surface area contributed by atoms with Crippen molar-refractivity contribution < 1.29 is 19.4 Å². The lowest BCUT2D eigenvalue weighted by Crippen LogP contribution is -2.68. The van der Waals surface area contributed by atoms with Gasteiger partial charge in [-0.2, -0.15) is 4.98 Å². The van der Waals surface area contributed by atoms with Crippen LogP contribution in [0, 0.1) is 0 Å². The van der Waals surface area contributed by atoms with Gasteiger partial charge in [0.15, 0.2) is 11.3 Å². The third-order valence-electron chi connectivity index (χ3n) is 6.00. The van der Waals surface area contributed by atoms with Crippen molar-refractivity contribution in [3.05, 3.63) is 93.4 Å². The van der Waals surface area contributed by atoms with Gasteiger partial charge in [0, 0.05) is 18.6 Å². The summed E-state index contributed by atoms with van der Waals surface area (Å²) in [6.45, 7) is 0. The number of benzene rings is 2. The Morgan fingerprint density at radius 2 is 1.78 bits per heavy atom. The van der Waals surface area contributed by atoms with E-state index in [2.05, 4.69) is 10.1 Å². The molecule has 2 atom stereocenters. The first-order valence-corrected chi connectivity index (χ1v) is 13.4. The number of nitrogens with zero attached hydrogens (tertiary/aromatic N) is 4. The maximum atomic E-state index is 12.9. The molecule has 3 aromatic rings. The number of rotatable bonds is 8. The Balaban J connectivity index is 1.38. The molecular formula is C25H23N5O5S2. The van der Waals surface area contributed by atoms with E-state index in [4.69, 9.17) is 10.5 Å². The van der Waals surface area contributed by atoms with E-state index in [1.807, 2.05) is 60.7 Å². The molecule has 2 aliphatic heterocycles. The quantitative estimate of drug-likeness (QED) is 0.324. The van der Waals surface area contributed by atoms with E-state index in [1.165, 1.54) is 33.1 Å². The van der Waals surface area contributed by atoms with Crippen molar-refractivity contribution in [2.45, 2.75) is 22.7 Å². The van der Waals surface area contributed by atoms with Gasteiger partial charge in [-0.1, -0.05) is 72.4 Å². The maximum absolute atomic E-state index is 12.9. The van der Waals surface area contributed by atoms with Crippen molar-refractivity contribution in [1.29, 1.82) is 0 Å². The number of ether oxygens (including phenoxy) is 1. The van der Waals surface area contributed by atoms with Crippen LogP contribution in [0.2, 0.25) is 0 Å². The molecule has 1 fully saturated rings. The number of hydrogen-bond acceptors (Lipinski definition) is 9. The molecule has 3 N–H and O–H groups in total. The number of hydrogen-bond donors (Lipinski definition) is 2. The van der Waals surface area contributed by atoms with Crippen LogP contribution < -0.4 is 16.0 Å². The number of aliphatic carboxylic acids is 1. The number of carbonyl (C=O) groups is 2. The molecule has 0 bridgehead atoms. The predicted molar refractivity (Wildman–Crippen MR) is 139 cm³/mol. The number of amides is 1. The summed E-state index contributed by atoms with van der Waals surface area (Å²) in [7, 11) is 1.64. The number of aromatic nitrogens is 3. The minimum atomic E-state index is -1.18. The predicted octanol–water partition coefficient (Wildman–Crippen LogP) is 2.02. The van der Waals surface area contributed by atoms with Gasteiger partial charge in [-0.15, -0.1) is 16.9 Å². The van der Waals surface area contributed by atoms with Crippen LogP contribution >= 0.6 is 23.5 Å². The lowest BCUT2D eigenvalue weighted by Gasteiger charge is -2.48. The minimum absolute atomic E-state index is 0.0468. The topological polar surface area (TPSA) is 141 Å². The fraction of sp³-hybridized carbons (Fsp3) is 0.240. The zero-order valence-corrected chi connectivity index (χ0v) is 21.3. The Labute approximate surface area is 220 Å². The Morgan fingerprint density at radius 3 is 2.38 bits per heavy atom. The fourth-order valence-electron chi connectivity index (χ4n) is 4.17. The first-order chi connectivity index (χ1) is 17.8. The molecule has 0 aliphatic carbocycles. The highest BCUT2D eigenvalue weighted by Crippen LogP contribution is 2.40. The number of aryl methyl sites for hydroxylation is 1. The molecule has 0 saturated carbocycles. The van der Waals surface area contributed by atoms with E-state index < -0.39 is 29.6 Å². The van der Waals surface area contributed by atoms with Gasteiger partial charge >= 0.3 is 17.4 Å². The van der Waals surface area contributed by atoms with E-state index in [0.717, 1.165) is 11.1 Å². The van der Waals surface area contributed by atoms with Gasteiger partial charge in [0.2, 0.25) is 5.91 Å². The molecule has 190 valence electrons. The summed E-state index contributed by atoms with van der Waals surface area (Å²) < 4.78 is 7.52. The third kappa shape index (κ3) is 4.87. The van der Waals surface area contributed by atoms with Crippen molar-refractivity contribution in [2.24, 2.45) is 12.8 Å². The van der Waals surface area contributed by atoms with Gasteiger partial charge in [0.1, 0.15) is 17.1 Å². The van der Waals surface area contributed by atoms with Crippen LogP contribution in [0.3, 0.4) is 0 Å². The van der Waals surface area contributed by atoms with E-state index in [9.17, 15) is 19.5 Å². The molecule has 1 saturated heterocycles. The Morgan fingerprint density at radius 1 is 1.16 bits per heavy atom. The van der Waals surface area contributed by atoms with Gasteiger partial charge < -0.3 is 15.6 Å². The van der Waals surface area contributed by atoms with Crippen molar-refractivity contribution >= 4 is 35.4 Å². The number of β-lactam (4-membered cyclic amide) rings is 1. The number of carbonyl (C=O) groups excluding carboxylic acids is 1. The van der Waals surface area contributed by atoms with Crippen molar-refractivity contribution in [3.63, 3.8) is 0 Å². The van der Waals surface area contributed by atoms with Crippen LogP contribution in [0.5, 0.6) is 5.88 Å². The highest BCUT2D eigenvalue weighted by molar-refractivity contribution is 8.01. The van der Waals surface area contributed by atoms with E-state index >= 15 is 0 Å². The standard InChI is InChI=1S/C25H23N5O5S2/c1-29-25(37-13-16-12-36-23-17(26)22(32)30(23)18(16)24(33)34)27-20(31)21(28-29)35-19(14-8-4-2-5-9-14)15-10-6-3-7-11-15/h2-11,17,19,23H,12-13,26H2,1H3,(H,33,34)/t17?,23-/m0/s1. The van der Waals surface area contributed by atoms with Crippen molar-refractivity contribution in [1.82, 2.24) is 19.7 Å². The van der Waals surface area contributed by atoms with Gasteiger partial charge in [0.05, 0.1) is 0 Å². The Kier molecular flexibility index (Phi) is 7.04. The second-order valence-electron chi connectivity index (χ2n) is 8.43. The molecule has 37 heavy (non-hydrogen) atoms. The molecule has 0 radical (unpaired) electrons. The molecule has 1 aromatic heterocycles. The molecule has 2 aromatic carbocycles. The molecule has 10 nitrogen and oxygen atoms in total. The van der Waals surface area contributed by atoms with Crippen LogP contribution in [0.25, 0.3) is 0 Å². The van der Waals surface area contributed by atoms with Crippen LogP contribution in [0.15, 0.2) is 81.9 Å². The molecular weight excluding hydrogens is 514 g/mol. The second-order valence-corrected chi connectivity index (χ2v) is 10.5. The molecule has 5 rings (SSSR count). The van der Waals surface area contributed by atoms with Gasteiger partial charge in [-0.3, -0.25) is 14.5 Å². The summed E-state index contributed by atoms with van der Waals surface area (Å²) >= 11 is 2.59. The minimum Gasteiger partial charge on any atom is -0.477 e. The number of nitrogens with two attached hydrogens (primary N) is 1. The Hall–Kier alpha value is -3.61. The van der Waals surface area contributed by atoms with E-state index in [-0.39, 0.29) is 22.7 Å². The van der Waals surface area contributed by atoms with Crippen LogP contribution in [0.4, 0.5) is 0 Å².